The summed E-state index contributed by atoms with van der Waals surface area (Å²) < 4.78 is 5.60. The first-order valence-electron chi connectivity index (χ1n) is 5.15. The van der Waals surface area contributed by atoms with Crippen LogP contribution in [0.5, 0.6) is 11.6 Å². The summed E-state index contributed by atoms with van der Waals surface area (Å²) >= 11 is 6.07. The number of nitrogens with zero attached hydrogens (tertiary/aromatic N) is 2. The van der Waals surface area contributed by atoms with Crippen LogP contribution in [0.25, 0.3) is 0 Å². The van der Waals surface area contributed by atoms with Crippen LogP contribution in [-0.2, 0) is 6.54 Å². The smallest absolute Gasteiger partial charge is 0.243 e. The number of aromatic nitrogens is 2. The Balaban J connectivity index is 2.31. The van der Waals surface area contributed by atoms with Crippen molar-refractivity contribution < 1.29 is 4.74 Å². The third-order valence-corrected chi connectivity index (χ3v) is 2.57. The molecule has 0 fully saturated rings. The second-order valence-corrected chi connectivity index (χ2v) is 4.01. The van der Waals surface area contributed by atoms with E-state index in [0.717, 1.165) is 11.1 Å². The summed E-state index contributed by atoms with van der Waals surface area (Å²) in [5.74, 6) is 0.938. The largest absolute Gasteiger partial charge is 0.436 e. The van der Waals surface area contributed by atoms with Crippen LogP contribution >= 0.6 is 11.6 Å². The van der Waals surface area contributed by atoms with E-state index < -0.39 is 0 Å². The maximum absolute atomic E-state index is 6.07. The van der Waals surface area contributed by atoms with Gasteiger partial charge in [-0.1, -0.05) is 17.7 Å². The van der Waals surface area contributed by atoms with E-state index in [0.29, 0.717) is 23.2 Å². The van der Waals surface area contributed by atoms with Crippen LogP contribution in [0, 0.1) is 6.92 Å². The van der Waals surface area contributed by atoms with E-state index in [4.69, 9.17) is 22.1 Å². The Kier molecular flexibility index (Phi) is 3.56. The SMILES string of the molecule is Cc1ccc(Oc2nnccc2CN)c(Cl)c1. The Hall–Kier alpha value is -1.65. The van der Waals surface area contributed by atoms with Crippen LogP contribution in [0.3, 0.4) is 0 Å². The minimum absolute atomic E-state index is 0.342. The molecule has 17 heavy (non-hydrogen) atoms. The van der Waals surface area contributed by atoms with Crippen LogP contribution in [0.15, 0.2) is 30.5 Å². The molecule has 0 unspecified atom stereocenters. The first-order chi connectivity index (χ1) is 8.20. The van der Waals surface area contributed by atoms with Crippen LogP contribution < -0.4 is 10.5 Å². The molecule has 0 aliphatic carbocycles. The van der Waals surface area contributed by atoms with Gasteiger partial charge in [-0.05, 0) is 30.7 Å². The third-order valence-electron chi connectivity index (χ3n) is 2.28. The Bertz CT molecular complexity index is 531. The van der Waals surface area contributed by atoms with Gasteiger partial charge in [0, 0.05) is 12.1 Å². The Morgan fingerprint density at radius 1 is 1.35 bits per heavy atom. The number of ether oxygens (including phenoxy) is 1. The van der Waals surface area contributed by atoms with Gasteiger partial charge in [-0.15, -0.1) is 5.10 Å². The maximum atomic E-state index is 6.07. The average Bonchev–Trinajstić information content (AvgIpc) is 2.33. The standard InChI is InChI=1S/C12H12ClN3O/c1-8-2-3-11(10(13)6-8)17-12-9(7-14)4-5-15-16-12/h2-6H,7,14H2,1H3. The van der Waals surface area contributed by atoms with E-state index in [9.17, 15) is 0 Å². The molecule has 0 aliphatic heterocycles. The van der Waals surface area contributed by atoms with Crippen molar-refractivity contribution >= 4 is 11.6 Å². The number of rotatable bonds is 3. The first-order valence-corrected chi connectivity index (χ1v) is 5.53. The molecule has 0 atom stereocenters. The van der Waals surface area contributed by atoms with Crippen molar-refractivity contribution in [3.63, 3.8) is 0 Å². The molecular formula is C12H12ClN3O. The van der Waals surface area contributed by atoms with E-state index in [1.807, 2.05) is 19.1 Å². The number of hydrogen-bond donors (Lipinski definition) is 1. The number of benzene rings is 1. The molecule has 1 heterocycles. The number of hydrogen-bond acceptors (Lipinski definition) is 4. The molecule has 88 valence electrons. The second-order valence-electron chi connectivity index (χ2n) is 3.60. The lowest BCUT2D eigenvalue weighted by Gasteiger charge is -2.09. The van der Waals surface area contributed by atoms with Crippen LogP contribution in [0.2, 0.25) is 5.02 Å². The van der Waals surface area contributed by atoms with Gasteiger partial charge in [0.1, 0.15) is 5.75 Å². The maximum Gasteiger partial charge on any atom is 0.243 e. The summed E-state index contributed by atoms with van der Waals surface area (Å²) in [6.45, 7) is 2.30. The fourth-order valence-corrected chi connectivity index (χ4v) is 1.65. The van der Waals surface area contributed by atoms with Crippen molar-refractivity contribution in [3.05, 3.63) is 46.6 Å². The van der Waals surface area contributed by atoms with E-state index in [-0.39, 0.29) is 0 Å². The molecule has 0 spiro atoms. The van der Waals surface area contributed by atoms with Gasteiger partial charge in [0.2, 0.25) is 5.88 Å². The van der Waals surface area contributed by atoms with Crippen molar-refractivity contribution in [2.45, 2.75) is 13.5 Å². The van der Waals surface area contributed by atoms with Gasteiger partial charge < -0.3 is 10.5 Å². The van der Waals surface area contributed by atoms with E-state index in [1.165, 1.54) is 0 Å². The van der Waals surface area contributed by atoms with Crippen molar-refractivity contribution in [2.24, 2.45) is 5.73 Å². The van der Waals surface area contributed by atoms with Crippen LogP contribution in [0.1, 0.15) is 11.1 Å². The van der Waals surface area contributed by atoms with E-state index >= 15 is 0 Å². The van der Waals surface area contributed by atoms with Gasteiger partial charge in [0.15, 0.2) is 0 Å². The average molecular weight is 250 g/mol. The normalized spacial score (nSPS) is 10.3. The second kappa shape index (κ2) is 5.12. The molecule has 0 bridgehead atoms. The molecule has 2 rings (SSSR count). The number of nitrogens with two attached hydrogens (primary N) is 1. The molecule has 1 aromatic heterocycles. The lowest BCUT2D eigenvalue weighted by Crippen LogP contribution is -2.02. The Morgan fingerprint density at radius 3 is 2.88 bits per heavy atom. The van der Waals surface area contributed by atoms with Crippen LogP contribution in [-0.4, -0.2) is 10.2 Å². The highest BCUT2D eigenvalue weighted by molar-refractivity contribution is 6.32. The molecule has 2 aromatic rings. The van der Waals surface area contributed by atoms with Gasteiger partial charge in [-0.25, -0.2) is 0 Å². The van der Waals surface area contributed by atoms with Gasteiger partial charge in [-0.2, -0.15) is 5.10 Å². The summed E-state index contributed by atoms with van der Waals surface area (Å²) in [6.07, 6.45) is 1.58. The number of aryl methyl sites for hydroxylation is 1. The van der Waals surface area contributed by atoms with Gasteiger partial charge in [0.05, 0.1) is 11.2 Å². The molecule has 0 amide bonds. The lowest BCUT2D eigenvalue weighted by atomic mass is 10.2. The van der Waals surface area contributed by atoms with Crippen molar-refractivity contribution in [3.8, 4) is 11.6 Å². The molecule has 0 saturated carbocycles. The minimum atomic E-state index is 0.342. The molecule has 1 aromatic carbocycles. The van der Waals surface area contributed by atoms with E-state index in [1.54, 1.807) is 18.3 Å². The highest BCUT2D eigenvalue weighted by atomic mass is 35.5. The molecule has 4 nitrogen and oxygen atoms in total. The number of halogens is 1. The Labute approximate surface area is 104 Å². The molecule has 2 N–H and O–H groups in total. The molecule has 0 saturated heterocycles. The zero-order valence-corrected chi connectivity index (χ0v) is 10.1. The fraction of sp³-hybridized carbons (Fsp3) is 0.167. The van der Waals surface area contributed by atoms with Gasteiger partial charge >= 0.3 is 0 Å². The molecule has 0 aliphatic rings. The summed E-state index contributed by atoms with van der Waals surface area (Å²) in [7, 11) is 0. The van der Waals surface area contributed by atoms with Gasteiger partial charge in [0.25, 0.3) is 0 Å². The zero-order valence-electron chi connectivity index (χ0n) is 9.35. The Morgan fingerprint density at radius 2 is 2.18 bits per heavy atom. The molecule has 5 heteroatoms. The zero-order chi connectivity index (χ0) is 12.3. The fourth-order valence-electron chi connectivity index (χ4n) is 1.38. The molecular weight excluding hydrogens is 238 g/mol. The predicted molar refractivity (Wildman–Crippen MR) is 66.2 cm³/mol. The topological polar surface area (TPSA) is 61.0 Å². The highest BCUT2D eigenvalue weighted by Crippen LogP contribution is 2.30. The molecule has 0 radical (unpaired) electrons. The van der Waals surface area contributed by atoms with Crippen molar-refractivity contribution in [2.75, 3.05) is 0 Å². The van der Waals surface area contributed by atoms with Gasteiger partial charge in [-0.3, -0.25) is 0 Å². The summed E-state index contributed by atoms with van der Waals surface area (Å²) in [4.78, 5) is 0. The minimum Gasteiger partial charge on any atom is -0.436 e. The predicted octanol–water partition coefficient (Wildman–Crippen LogP) is 2.69. The summed E-state index contributed by atoms with van der Waals surface area (Å²) in [5.41, 5.74) is 7.44. The van der Waals surface area contributed by atoms with E-state index in [2.05, 4.69) is 10.2 Å². The summed E-state index contributed by atoms with van der Waals surface area (Å²) in [6, 6.07) is 7.31. The quantitative estimate of drug-likeness (QED) is 0.909. The first kappa shape index (κ1) is 11.8. The monoisotopic (exact) mass is 249 g/mol. The van der Waals surface area contributed by atoms with Crippen molar-refractivity contribution in [1.82, 2.24) is 10.2 Å². The van der Waals surface area contributed by atoms with Crippen LogP contribution in [0.4, 0.5) is 0 Å². The summed E-state index contributed by atoms with van der Waals surface area (Å²) in [5, 5.41) is 8.20. The lowest BCUT2D eigenvalue weighted by molar-refractivity contribution is 0.448. The third kappa shape index (κ3) is 2.72. The highest BCUT2D eigenvalue weighted by Gasteiger charge is 2.08. The van der Waals surface area contributed by atoms with Crippen molar-refractivity contribution in [1.29, 1.82) is 0 Å².